The Bertz CT molecular complexity index is 706. The molecule has 5 aliphatic rings. The first-order valence-corrected chi connectivity index (χ1v) is 18.7. The number of fused-ring (bicyclic) bond motifs is 7. The molecule has 0 bridgehead atoms. The summed E-state index contributed by atoms with van der Waals surface area (Å²) in [7, 11) is -1.68. The van der Waals surface area contributed by atoms with Gasteiger partial charge in [-0.05, 0) is 127 Å². The van der Waals surface area contributed by atoms with E-state index in [1.54, 1.807) is 38.5 Å². The minimum absolute atomic E-state index is 0.242. The van der Waals surface area contributed by atoms with Crippen molar-refractivity contribution in [2.75, 3.05) is 0 Å². The quantitative estimate of drug-likeness (QED) is 0.356. The van der Waals surface area contributed by atoms with Gasteiger partial charge >= 0.3 is 0 Å². The monoisotopic (exact) mass is 489 g/mol. The van der Waals surface area contributed by atoms with Crippen molar-refractivity contribution < 1.29 is 0 Å². The molecule has 0 aromatic heterocycles. The first-order chi connectivity index (χ1) is 15.3. The molecular formula is C30H55NSSi. The molecule has 1 aliphatic heterocycles. The van der Waals surface area contributed by atoms with E-state index >= 15 is 0 Å². The Hall–Kier alpha value is 0.527. The zero-order valence-corrected chi connectivity index (χ0v) is 25.3. The average molecular weight is 490 g/mol. The van der Waals surface area contributed by atoms with E-state index in [9.17, 15) is 0 Å². The van der Waals surface area contributed by atoms with Gasteiger partial charge in [-0.1, -0.05) is 39.3 Å². The van der Waals surface area contributed by atoms with Crippen LogP contribution in [0.25, 0.3) is 0 Å². The Morgan fingerprint density at radius 2 is 1.27 bits per heavy atom. The summed E-state index contributed by atoms with van der Waals surface area (Å²) in [5.74, 6) is 7.26. The normalized spacial score (nSPS) is 46.0. The fourth-order valence-corrected chi connectivity index (χ4v) is 20.5. The summed E-state index contributed by atoms with van der Waals surface area (Å²) >= 11 is 2.52. The van der Waals surface area contributed by atoms with E-state index in [-0.39, 0.29) is 11.1 Å². The first-order valence-electron chi connectivity index (χ1n) is 14.8. The van der Waals surface area contributed by atoms with Crippen molar-refractivity contribution in [2.24, 2.45) is 41.4 Å². The van der Waals surface area contributed by atoms with Gasteiger partial charge in [-0.3, -0.25) is 0 Å². The highest BCUT2D eigenvalue weighted by Gasteiger charge is 2.64. The van der Waals surface area contributed by atoms with Crippen molar-refractivity contribution in [1.82, 2.24) is 4.57 Å². The molecule has 10 unspecified atom stereocenters. The van der Waals surface area contributed by atoms with Crippen LogP contribution in [0.5, 0.6) is 0 Å². The molecule has 0 amide bonds. The maximum atomic E-state index is 3.07. The summed E-state index contributed by atoms with van der Waals surface area (Å²) in [5, 5.41) is 2.01. The van der Waals surface area contributed by atoms with Crippen molar-refractivity contribution in [2.45, 2.75) is 146 Å². The van der Waals surface area contributed by atoms with Gasteiger partial charge < -0.3 is 4.57 Å². The van der Waals surface area contributed by atoms with E-state index in [0.29, 0.717) is 0 Å². The van der Waals surface area contributed by atoms with Gasteiger partial charge in [-0.2, -0.15) is 11.8 Å². The summed E-state index contributed by atoms with van der Waals surface area (Å²) < 4.78 is 3.07. The van der Waals surface area contributed by atoms with Crippen LogP contribution in [0.15, 0.2) is 0 Å². The van der Waals surface area contributed by atoms with Gasteiger partial charge in [0.2, 0.25) is 0 Å². The zero-order valence-electron chi connectivity index (χ0n) is 23.5. The fourth-order valence-electron chi connectivity index (χ4n) is 11.7. The number of thioether (sulfide) groups is 1. The second kappa shape index (κ2) is 8.54. The number of hydrogen-bond acceptors (Lipinski definition) is 2. The van der Waals surface area contributed by atoms with Gasteiger partial charge in [-0.25, -0.2) is 0 Å². The molecule has 190 valence electrons. The molecule has 4 aliphatic carbocycles. The molecule has 5 rings (SSSR count). The SMILES string of the molecule is CC1CC2CCC3SC4CCC5CCCCC5C4C3C2C1[Si](C)(C)N(C(C)(C)C)C(C)(C)C. The Kier molecular flexibility index (Phi) is 6.52. The molecule has 3 heteroatoms. The second-order valence-corrected chi connectivity index (χ2v) is 21.5. The number of hydrogen-bond donors (Lipinski definition) is 0. The maximum Gasteiger partial charge on any atom is 0.126 e. The minimum atomic E-state index is -1.68. The maximum absolute atomic E-state index is 3.07. The van der Waals surface area contributed by atoms with Crippen molar-refractivity contribution in [1.29, 1.82) is 0 Å². The Labute approximate surface area is 212 Å². The molecule has 10 atom stereocenters. The molecule has 0 radical (unpaired) electrons. The van der Waals surface area contributed by atoms with Crippen molar-refractivity contribution in [3.63, 3.8) is 0 Å². The third-order valence-electron chi connectivity index (χ3n) is 11.2. The largest absolute Gasteiger partial charge is 0.314 e. The van der Waals surface area contributed by atoms with E-state index in [1.807, 2.05) is 0 Å². The van der Waals surface area contributed by atoms with Crippen LogP contribution in [-0.4, -0.2) is 34.4 Å². The third-order valence-corrected chi connectivity index (χ3v) is 18.1. The summed E-state index contributed by atoms with van der Waals surface area (Å²) in [4.78, 5) is 0. The van der Waals surface area contributed by atoms with E-state index in [2.05, 4.69) is 77.9 Å². The average Bonchev–Trinajstić information content (AvgIpc) is 3.22. The van der Waals surface area contributed by atoms with Crippen LogP contribution in [0.3, 0.4) is 0 Å². The molecule has 0 aromatic carbocycles. The van der Waals surface area contributed by atoms with Crippen LogP contribution in [0.2, 0.25) is 18.6 Å². The Balaban J connectivity index is 1.53. The van der Waals surface area contributed by atoms with Gasteiger partial charge in [0.15, 0.2) is 0 Å². The van der Waals surface area contributed by atoms with Gasteiger partial charge in [0, 0.05) is 21.6 Å². The predicted molar refractivity (Wildman–Crippen MR) is 149 cm³/mol. The predicted octanol–water partition coefficient (Wildman–Crippen LogP) is 8.84. The molecule has 4 saturated carbocycles. The van der Waals surface area contributed by atoms with E-state index in [1.165, 1.54) is 19.3 Å². The topological polar surface area (TPSA) is 3.24 Å². The Morgan fingerprint density at radius 3 is 1.91 bits per heavy atom. The summed E-state index contributed by atoms with van der Waals surface area (Å²) in [6.07, 6.45) is 13.9. The molecule has 5 fully saturated rings. The van der Waals surface area contributed by atoms with Crippen LogP contribution in [-0.2, 0) is 0 Å². The zero-order chi connectivity index (χ0) is 23.9. The van der Waals surface area contributed by atoms with E-state index in [4.69, 9.17) is 0 Å². The Morgan fingerprint density at radius 1 is 0.697 bits per heavy atom. The second-order valence-electron chi connectivity index (χ2n) is 15.6. The van der Waals surface area contributed by atoms with Crippen molar-refractivity contribution in [3.05, 3.63) is 0 Å². The lowest BCUT2D eigenvalue weighted by atomic mass is 9.57. The van der Waals surface area contributed by atoms with Crippen LogP contribution in [0.1, 0.15) is 106 Å². The molecule has 0 spiro atoms. The van der Waals surface area contributed by atoms with Crippen LogP contribution < -0.4 is 0 Å². The molecule has 1 saturated heterocycles. The minimum Gasteiger partial charge on any atom is -0.314 e. The van der Waals surface area contributed by atoms with Gasteiger partial charge in [0.25, 0.3) is 0 Å². The highest BCUT2D eigenvalue weighted by atomic mass is 32.2. The highest BCUT2D eigenvalue weighted by Crippen LogP contribution is 2.68. The molecule has 0 aromatic rings. The van der Waals surface area contributed by atoms with Crippen molar-refractivity contribution in [3.8, 4) is 0 Å². The van der Waals surface area contributed by atoms with Crippen LogP contribution in [0, 0.1) is 41.4 Å². The molecule has 1 nitrogen and oxygen atoms in total. The lowest BCUT2D eigenvalue weighted by Crippen LogP contribution is -2.68. The third kappa shape index (κ3) is 4.14. The lowest BCUT2D eigenvalue weighted by molar-refractivity contribution is 0.0294. The first kappa shape index (κ1) is 25.2. The summed E-state index contributed by atoms with van der Waals surface area (Å²) in [6.45, 7) is 23.3. The fraction of sp³-hybridized carbons (Fsp3) is 1.00. The molecule has 1 heterocycles. The smallest absolute Gasteiger partial charge is 0.126 e. The van der Waals surface area contributed by atoms with Gasteiger partial charge in [0.1, 0.15) is 8.24 Å². The van der Waals surface area contributed by atoms with E-state index < -0.39 is 8.24 Å². The molecule has 33 heavy (non-hydrogen) atoms. The van der Waals surface area contributed by atoms with E-state index in [0.717, 1.165) is 57.5 Å². The number of rotatable bonds is 2. The molecule has 0 N–H and O–H groups in total. The lowest BCUT2D eigenvalue weighted by Gasteiger charge is -2.59. The summed E-state index contributed by atoms with van der Waals surface area (Å²) in [5.41, 5.74) is 1.45. The number of nitrogens with zero attached hydrogens (tertiary/aromatic N) is 1. The van der Waals surface area contributed by atoms with Crippen LogP contribution >= 0.6 is 11.8 Å². The standard InChI is InChI=1S/C30H55NSSi/c1-19-18-21-15-17-24-27(26-22-13-11-10-12-20(22)14-16-23(26)32-24)25(21)28(19)33(8,9)31(29(2,3)4)30(5,6)7/h19-28H,10-18H2,1-9H3. The highest BCUT2D eigenvalue weighted by molar-refractivity contribution is 8.00. The van der Waals surface area contributed by atoms with Gasteiger partial charge in [-0.15, -0.1) is 0 Å². The van der Waals surface area contributed by atoms with Crippen molar-refractivity contribution >= 4 is 20.0 Å². The molecular weight excluding hydrogens is 434 g/mol. The van der Waals surface area contributed by atoms with Crippen LogP contribution in [0.4, 0.5) is 0 Å². The summed E-state index contributed by atoms with van der Waals surface area (Å²) in [6, 6.07) is 0. The van der Waals surface area contributed by atoms with Gasteiger partial charge in [0.05, 0.1) is 0 Å².